The molecule has 2 rings (SSSR count). The van der Waals surface area contributed by atoms with E-state index in [1.54, 1.807) is 0 Å². The quantitative estimate of drug-likeness (QED) is 0.863. The highest BCUT2D eigenvalue weighted by Gasteiger charge is 2.25. The maximum absolute atomic E-state index is 12.1. The number of carboxylic acid groups (broad SMARTS) is 1. The molecule has 7 nitrogen and oxygen atoms in total. The Labute approximate surface area is 121 Å². The number of halogens is 1. The van der Waals surface area contributed by atoms with E-state index in [0.717, 1.165) is 0 Å². The average Bonchev–Trinajstić information content (AvgIpc) is 2.41. The number of hydrogen-bond acceptors (Lipinski definition) is 4. The SMILES string of the molecule is O=C(O)c1cc(Cl)ccc1NS(=O)(=O)N1CCOCC1. The number of hydrogen-bond donors (Lipinski definition) is 2. The van der Waals surface area contributed by atoms with Crippen LogP contribution < -0.4 is 4.72 Å². The summed E-state index contributed by atoms with van der Waals surface area (Å²) >= 11 is 5.71. The van der Waals surface area contributed by atoms with Crippen LogP contribution in [-0.4, -0.2) is 50.1 Å². The molecule has 110 valence electrons. The lowest BCUT2D eigenvalue weighted by Gasteiger charge is -2.26. The fourth-order valence-electron chi connectivity index (χ4n) is 1.77. The average molecular weight is 321 g/mol. The molecule has 0 aliphatic carbocycles. The van der Waals surface area contributed by atoms with Crippen LogP contribution >= 0.6 is 11.6 Å². The number of benzene rings is 1. The van der Waals surface area contributed by atoms with Gasteiger partial charge in [-0.3, -0.25) is 4.72 Å². The van der Waals surface area contributed by atoms with Gasteiger partial charge in [0.25, 0.3) is 0 Å². The van der Waals surface area contributed by atoms with Gasteiger partial charge in [0.05, 0.1) is 24.5 Å². The van der Waals surface area contributed by atoms with E-state index in [1.807, 2.05) is 0 Å². The molecule has 2 N–H and O–H groups in total. The van der Waals surface area contributed by atoms with E-state index >= 15 is 0 Å². The van der Waals surface area contributed by atoms with Gasteiger partial charge >= 0.3 is 16.2 Å². The van der Waals surface area contributed by atoms with Crippen molar-refractivity contribution in [2.45, 2.75) is 0 Å². The van der Waals surface area contributed by atoms with Crippen molar-refractivity contribution >= 4 is 33.5 Å². The minimum atomic E-state index is -3.81. The maximum atomic E-state index is 12.1. The molecule has 20 heavy (non-hydrogen) atoms. The Bertz CT molecular complexity index is 613. The highest BCUT2D eigenvalue weighted by atomic mass is 35.5. The van der Waals surface area contributed by atoms with Crippen LogP contribution in [0.15, 0.2) is 18.2 Å². The van der Waals surface area contributed by atoms with Gasteiger partial charge in [-0.2, -0.15) is 12.7 Å². The van der Waals surface area contributed by atoms with E-state index in [9.17, 15) is 13.2 Å². The fourth-order valence-corrected chi connectivity index (χ4v) is 3.16. The van der Waals surface area contributed by atoms with Crippen molar-refractivity contribution in [1.82, 2.24) is 4.31 Å². The van der Waals surface area contributed by atoms with Crippen molar-refractivity contribution in [2.24, 2.45) is 0 Å². The normalized spacial score (nSPS) is 16.9. The summed E-state index contributed by atoms with van der Waals surface area (Å²) in [5.41, 5.74) is -0.220. The molecule has 0 spiro atoms. The Balaban J connectivity index is 2.27. The minimum Gasteiger partial charge on any atom is -0.478 e. The highest BCUT2D eigenvalue weighted by Crippen LogP contribution is 2.22. The third-order valence-corrected chi connectivity index (χ3v) is 4.52. The summed E-state index contributed by atoms with van der Waals surface area (Å²) in [5.74, 6) is -1.26. The van der Waals surface area contributed by atoms with Gasteiger partial charge in [-0.25, -0.2) is 4.79 Å². The molecular weight excluding hydrogens is 308 g/mol. The lowest BCUT2D eigenvalue weighted by molar-refractivity contribution is 0.0697. The Morgan fingerprint density at radius 3 is 2.60 bits per heavy atom. The van der Waals surface area contributed by atoms with Gasteiger partial charge in [0.2, 0.25) is 0 Å². The molecule has 1 aromatic rings. The van der Waals surface area contributed by atoms with Crippen LogP contribution in [0.25, 0.3) is 0 Å². The molecule has 1 fully saturated rings. The third-order valence-electron chi connectivity index (χ3n) is 2.76. The molecule has 1 aromatic carbocycles. The van der Waals surface area contributed by atoms with E-state index in [4.69, 9.17) is 21.4 Å². The predicted octanol–water partition coefficient (Wildman–Crippen LogP) is 1.03. The molecule has 9 heteroatoms. The third kappa shape index (κ3) is 3.40. The zero-order valence-electron chi connectivity index (χ0n) is 10.4. The topological polar surface area (TPSA) is 95.9 Å². The molecule has 1 aliphatic heterocycles. The molecular formula is C11H13ClN2O5S. The van der Waals surface area contributed by atoms with Crippen molar-refractivity contribution in [3.05, 3.63) is 28.8 Å². The van der Waals surface area contributed by atoms with Gasteiger partial charge < -0.3 is 9.84 Å². The Morgan fingerprint density at radius 2 is 2.00 bits per heavy atom. The van der Waals surface area contributed by atoms with Gasteiger partial charge in [-0.15, -0.1) is 0 Å². The number of carboxylic acids is 1. The Kier molecular flexibility index (Phi) is 4.48. The lowest BCUT2D eigenvalue weighted by atomic mass is 10.2. The summed E-state index contributed by atoms with van der Waals surface area (Å²) in [7, 11) is -3.81. The molecule has 0 bridgehead atoms. The number of ether oxygens (including phenoxy) is 1. The number of nitrogens with one attached hydrogen (secondary N) is 1. The summed E-state index contributed by atoms with van der Waals surface area (Å²) in [6, 6.07) is 3.94. The molecule has 0 aromatic heterocycles. The van der Waals surface area contributed by atoms with E-state index in [2.05, 4.69) is 4.72 Å². The second-order valence-electron chi connectivity index (χ2n) is 4.11. The fraction of sp³-hybridized carbons (Fsp3) is 0.364. The largest absolute Gasteiger partial charge is 0.478 e. The smallest absolute Gasteiger partial charge is 0.337 e. The van der Waals surface area contributed by atoms with E-state index in [1.165, 1.54) is 22.5 Å². The molecule has 1 aliphatic rings. The second kappa shape index (κ2) is 5.96. The number of carbonyl (C=O) groups is 1. The van der Waals surface area contributed by atoms with Gasteiger partial charge in [0, 0.05) is 18.1 Å². The Hall–Kier alpha value is -1.35. The van der Waals surface area contributed by atoms with Crippen LogP contribution in [0.2, 0.25) is 5.02 Å². The molecule has 0 amide bonds. The summed E-state index contributed by atoms with van der Waals surface area (Å²) < 4.78 is 32.8. The van der Waals surface area contributed by atoms with Crippen molar-refractivity contribution in [3.8, 4) is 0 Å². The summed E-state index contributed by atoms with van der Waals surface area (Å²) in [4.78, 5) is 11.1. The first-order chi connectivity index (χ1) is 9.40. The minimum absolute atomic E-state index is 0.0200. The first kappa shape index (κ1) is 15.0. The number of nitrogens with zero attached hydrogens (tertiary/aromatic N) is 1. The van der Waals surface area contributed by atoms with Crippen LogP contribution in [0.1, 0.15) is 10.4 Å². The number of rotatable bonds is 4. The first-order valence-corrected chi connectivity index (χ1v) is 7.60. The van der Waals surface area contributed by atoms with Crippen molar-refractivity contribution < 1.29 is 23.1 Å². The molecule has 0 atom stereocenters. The summed E-state index contributed by atoms with van der Waals surface area (Å²) in [6.07, 6.45) is 0. The van der Waals surface area contributed by atoms with Gasteiger partial charge in [0.15, 0.2) is 0 Å². The van der Waals surface area contributed by atoms with Crippen LogP contribution in [0.5, 0.6) is 0 Å². The maximum Gasteiger partial charge on any atom is 0.337 e. The summed E-state index contributed by atoms with van der Waals surface area (Å²) in [6.45, 7) is 1.08. The zero-order valence-corrected chi connectivity index (χ0v) is 11.9. The molecule has 1 heterocycles. The Morgan fingerprint density at radius 1 is 1.35 bits per heavy atom. The zero-order chi connectivity index (χ0) is 14.8. The lowest BCUT2D eigenvalue weighted by Crippen LogP contribution is -2.43. The van der Waals surface area contributed by atoms with Gasteiger partial charge in [-0.1, -0.05) is 11.6 Å². The second-order valence-corrected chi connectivity index (χ2v) is 6.22. The molecule has 0 unspecified atom stereocenters. The van der Waals surface area contributed by atoms with Crippen LogP contribution in [-0.2, 0) is 14.9 Å². The molecule has 0 saturated carbocycles. The highest BCUT2D eigenvalue weighted by molar-refractivity contribution is 7.90. The van der Waals surface area contributed by atoms with Gasteiger partial charge in [-0.05, 0) is 18.2 Å². The van der Waals surface area contributed by atoms with Crippen molar-refractivity contribution in [1.29, 1.82) is 0 Å². The standard InChI is InChI=1S/C11H13ClN2O5S/c12-8-1-2-10(9(7-8)11(15)16)13-20(17,18)14-3-5-19-6-4-14/h1-2,7,13H,3-6H2,(H,15,16). The van der Waals surface area contributed by atoms with Crippen molar-refractivity contribution in [2.75, 3.05) is 31.0 Å². The van der Waals surface area contributed by atoms with Crippen LogP contribution in [0.3, 0.4) is 0 Å². The molecule has 0 radical (unpaired) electrons. The van der Waals surface area contributed by atoms with E-state index in [0.29, 0.717) is 13.2 Å². The van der Waals surface area contributed by atoms with Crippen molar-refractivity contribution in [3.63, 3.8) is 0 Å². The predicted molar refractivity (Wildman–Crippen MR) is 73.3 cm³/mol. The first-order valence-electron chi connectivity index (χ1n) is 5.78. The number of anilines is 1. The number of morpholine rings is 1. The summed E-state index contributed by atoms with van der Waals surface area (Å²) in [5, 5.41) is 9.29. The number of aromatic carboxylic acids is 1. The van der Waals surface area contributed by atoms with E-state index in [-0.39, 0.29) is 29.4 Å². The monoisotopic (exact) mass is 320 g/mol. The van der Waals surface area contributed by atoms with Crippen LogP contribution in [0, 0.1) is 0 Å². The van der Waals surface area contributed by atoms with E-state index < -0.39 is 16.2 Å². The van der Waals surface area contributed by atoms with Gasteiger partial charge in [0.1, 0.15) is 0 Å². The molecule has 1 saturated heterocycles. The van der Waals surface area contributed by atoms with Crippen LogP contribution in [0.4, 0.5) is 5.69 Å².